The van der Waals surface area contributed by atoms with Crippen molar-refractivity contribution in [1.82, 2.24) is 19.3 Å². The number of aromatic nitrogens is 3. The molecular weight excluding hydrogens is 419 g/mol. The summed E-state index contributed by atoms with van der Waals surface area (Å²) in [5, 5.41) is 1.41. The van der Waals surface area contributed by atoms with Crippen LogP contribution in [0.2, 0.25) is 0 Å². The van der Waals surface area contributed by atoms with Crippen LogP contribution in [-0.2, 0) is 0 Å². The van der Waals surface area contributed by atoms with Crippen molar-refractivity contribution in [2.75, 3.05) is 6.54 Å². The first-order valence-corrected chi connectivity index (χ1v) is 9.20. The lowest BCUT2D eigenvalue weighted by molar-refractivity contribution is -0.274. The van der Waals surface area contributed by atoms with Gasteiger partial charge >= 0.3 is 6.36 Å². The third kappa shape index (κ3) is 2.98. The Morgan fingerprint density at radius 3 is 2.80 bits per heavy atom. The molecule has 5 rings (SSSR count). The van der Waals surface area contributed by atoms with E-state index in [0.717, 1.165) is 6.07 Å². The maximum Gasteiger partial charge on any atom is 0.573 e. The Morgan fingerprint density at radius 2 is 2.10 bits per heavy atom. The van der Waals surface area contributed by atoms with Crippen LogP contribution >= 0.6 is 12.2 Å². The number of pyridine rings is 1. The summed E-state index contributed by atoms with van der Waals surface area (Å²) in [6.07, 6.45) is -1.53. The number of hydrogen-bond acceptors (Lipinski definition) is 5. The number of nitrogens with zero attached hydrogens (tertiary/aromatic N) is 4. The van der Waals surface area contributed by atoms with Crippen molar-refractivity contribution in [3.63, 3.8) is 0 Å². The topological polar surface area (TPSA) is 85.5 Å². The summed E-state index contributed by atoms with van der Waals surface area (Å²) in [7, 11) is 0. The zero-order valence-electron chi connectivity index (χ0n) is 15.1. The quantitative estimate of drug-likeness (QED) is 0.382. The first-order valence-electron chi connectivity index (χ1n) is 8.79. The fraction of sp³-hybridized carbons (Fsp3) is 0.158. The Kier molecular flexibility index (Phi) is 3.87. The predicted molar refractivity (Wildman–Crippen MR) is 108 cm³/mol. The molecule has 3 aromatic heterocycles. The number of nitrogens with two attached hydrogens (primary N) is 1. The molecule has 1 atom stereocenters. The van der Waals surface area contributed by atoms with Crippen LogP contribution < -0.4 is 21.2 Å². The lowest BCUT2D eigenvalue weighted by Gasteiger charge is -2.08. The predicted octanol–water partition coefficient (Wildman–Crippen LogP) is 1.72. The minimum Gasteiger partial charge on any atom is -0.406 e. The molecule has 1 unspecified atom stereocenters. The fourth-order valence-corrected chi connectivity index (χ4v) is 3.78. The lowest BCUT2D eigenvalue weighted by atomic mass is 10.2. The van der Waals surface area contributed by atoms with Crippen LogP contribution in [0, 0.1) is 0 Å². The van der Waals surface area contributed by atoms with Crippen LogP contribution in [0.5, 0.6) is 5.75 Å². The Hall–Kier alpha value is -3.47. The van der Waals surface area contributed by atoms with Gasteiger partial charge in [-0.15, -0.1) is 13.2 Å². The largest absolute Gasteiger partial charge is 0.573 e. The molecule has 7 nitrogen and oxygen atoms in total. The summed E-state index contributed by atoms with van der Waals surface area (Å²) in [5.41, 5.74) is 6.24. The molecule has 1 aliphatic heterocycles. The molecule has 30 heavy (non-hydrogen) atoms. The maximum atomic E-state index is 13.1. The molecule has 1 aromatic carbocycles. The first-order chi connectivity index (χ1) is 14.2. The molecule has 2 N–H and O–H groups in total. The molecule has 0 amide bonds. The normalized spacial score (nSPS) is 17.2. The molecule has 11 heteroatoms. The van der Waals surface area contributed by atoms with E-state index in [1.54, 1.807) is 23.1 Å². The number of ether oxygens (including phenoxy) is 1. The number of thiocarbonyl (C=S) groups is 1. The van der Waals surface area contributed by atoms with E-state index in [1.165, 1.54) is 22.7 Å². The van der Waals surface area contributed by atoms with Gasteiger partial charge in [-0.3, -0.25) is 9.20 Å². The summed E-state index contributed by atoms with van der Waals surface area (Å²) < 4.78 is 43.6. The van der Waals surface area contributed by atoms with Crippen molar-refractivity contribution in [2.45, 2.75) is 12.4 Å². The number of benzene rings is 1. The van der Waals surface area contributed by atoms with E-state index >= 15 is 0 Å². The van der Waals surface area contributed by atoms with Gasteiger partial charge in [0.15, 0.2) is 10.8 Å². The second-order valence-electron chi connectivity index (χ2n) is 6.82. The van der Waals surface area contributed by atoms with E-state index in [2.05, 4.69) is 14.7 Å². The number of halogens is 3. The highest BCUT2D eigenvalue weighted by molar-refractivity contribution is 7.80. The maximum absolute atomic E-state index is 13.1. The summed E-state index contributed by atoms with van der Waals surface area (Å²) in [5.74, 6) is -0.391. The molecule has 1 fully saturated rings. The molecule has 0 spiro atoms. The van der Waals surface area contributed by atoms with Crippen LogP contribution in [0.25, 0.3) is 33.7 Å². The molecule has 4 aromatic rings. The molecule has 4 heterocycles. The van der Waals surface area contributed by atoms with Gasteiger partial charge in [-0.2, -0.15) is 0 Å². The zero-order chi connectivity index (χ0) is 21.2. The van der Waals surface area contributed by atoms with E-state index in [9.17, 15) is 18.0 Å². The molecule has 1 aliphatic rings. The minimum atomic E-state index is -4.84. The van der Waals surface area contributed by atoms with Gasteiger partial charge in [0.1, 0.15) is 11.4 Å². The number of rotatable bonds is 2. The molecule has 152 valence electrons. The highest BCUT2D eigenvalue weighted by Gasteiger charge is 2.34. The van der Waals surface area contributed by atoms with Crippen molar-refractivity contribution in [3.05, 3.63) is 52.1 Å². The van der Waals surface area contributed by atoms with E-state index in [1.807, 2.05) is 0 Å². The fourth-order valence-electron chi connectivity index (χ4n) is 3.57. The second kappa shape index (κ2) is 6.26. The summed E-state index contributed by atoms with van der Waals surface area (Å²) in [6, 6.07) is 6.90. The second-order valence-corrected chi connectivity index (χ2v) is 7.23. The average molecular weight is 431 g/mol. The van der Waals surface area contributed by atoms with Gasteiger partial charge < -0.3 is 15.4 Å². The van der Waals surface area contributed by atoms with Gasteiger partial charge in [-0.1, -0.05) is 0 Å². The van der Waals surface area contributed by atoms with Gasteiger partial charge in [0.05, 0.1) is 16.9 Å². The third-order valence-electron chi connectivity index (χ3n) is 4.91. The van der Waals surface area contributed by atoms with Gasteiger partial charge in [0.2, 0.25) is 0 Å². The summed E-state index contributed by atoms with van der Waals surface area (Å²) >= 11 is 4.97. The van der Waals surface area contributed by atoms with Crippen LogP contribution in [-0.4, -0.2) is 43.3 Å². The van der Waals surface area contributed by atoms with Gasteiger partial charge in [-0.25, -0.2) is 9.97 Å². The summed E-state index contributed by atoms with van der Waals surface area (Å²) in [4.78, 5) is 23.5. The van der Waals surface area contributed by atoms with Crippen molar-refractivity contribution in [2.24, 2.45) is 5.73 Å². The zero-order valence-corrected chi connectivity index (χ0v) is 15.9. The van der Waals surface area contributed by atoms with Crippen LogP contribution in [0.4, 0.5) is 13.2 Å². The Morgan fingerprint density at radius 1 is 1.30 bits per heavy atom. The van der Waals surface area contributed by atoms with E-state index in [0.29, 0.717) is 33.7 Å². The van der Waals surface area contributed by atoms with Gasteiger partial charge in [0, 0.05) is 23.3 Å². The van der Waals surface area contributed by atoms with Gasteiger partial charge in [-0.05, 0) is 48.6 Å². The molecular formula is C19H12F3N5O2S. The number of fused-ring (bicyclic) bond motifs is 4. The van der Waals surface area contributed by atoms with Crippen LogP contribution in [0.3, 0.4) is 0 Å². The van der Waals surface area contributed by atoms with E-state index in [4.69, 9.17) is 18.0 Å². The van der Waals surface area contributed by atoms with Crippen molar-refractivity contribution in [1.29, 1.82) is 0 Å². The molecule has 0 bridgehead atoms. The standard InChI is InChI=1S/C19H12F3N5O2S/c20-19(21,22)29-10-3-4-14-12(7-10)13(6-9-8-26(9)18(23)30)16-25-15-11(2-1-5-24-15)17(28)27(14)16/h1-7,9H,8H2,(H2,23,30)/b13-6+. The summed E-state index contributed by atoms with van der Waals surface area (Å²) in [6.45, 7) is 0.572. The Labute approximate surface area is 171 Å². The molecule has 1 saturated heterocycles. The minimum absolute atomic E-state index is 0.138. The Bertz CT molecular complexity index is 1470. The monoisotopic (exact) mass is 431 g/mol. The molecule has 0 aliphatic carbocycles. The lowest BCUT2D eigenvalue weighted by Crippen LogP contribution is -2.21. The van der Waals surface area contributed by atoms with E-state index in [-0.39, 0.29) is 22.4 Å². The highest BCUT2D eigenvalue weighted by Crippen LogP contribution is 2.27. The number of hydrogen-bond donors (Lipinski definition) is 1. The van der Waals surface area contributed by atoms with Crippen molar-refractivity contribution in [3.8, 4) is 5.75 Å². The van der Waals surface area contributed by atoms with Crippen LogP contribution in [0.1, 0.15) is 0 Å². The molecule has 0 radical (unpaired) electrons. The van der Waals surface area contributed by atoms with Crippen molar-refractivity contribution < 1.29 is 17.9 Å². The van der Waals surface area contributed by atoms with Crippen molar-refractivity contribution >= 4 is 51.0 Å². The SMILES string of the molecule is NC(=S)N1CC1/C=c1\c2cc(OC(F)(F)F)ccc2n2c(=O)c3cccnc3nc12. The van der Waals surface area contributed by atoms with Crippen LogP contribution in [0.15, 0.2) is 41.3 Å². The first kappa shape index (κ1) is 18.6. The average Bonchev–Trinajstić information content (AvgIpc) is 3.39. The smallest absolute Gasteiger partial charge is 0.406 e. The highest BCUT2D eigenvalue weighted by atomic mass is 32.1. The van der Waals surface area contributed by atoms with Gasteiger partial charge in [0.25, 0.3) is 5.56 Å². The third-order valence-corrected chi connectivity index (χ3v) is 5.14. The molecule has 0 saturated carbocycles. The Balaban J connectivity index is 1.86. The van der Waals surface area contributed by atoms with E-state index < -0.39 is 12.1 Å². The number of alkyl halides is 3.